The third-order valence-electron chi connectivity index (χ3n) is 4.00. The van der Waals surface area contributed by atoms with Gasteiger partial charge in [-0.25, -0.2) is 4.79 Å². The van der Waals surface area contributed by atoms with Gasteiger partial charge in [0.05, 0.1) is 18.2 Å². The molecule has 0 amide bonds. The van der Waals surface area contributed by atoms with Gasteiger partial charge in [0, 0.05) is 17.7 Å². The molecule has 28 heavy (non-hydrogen) atoms. The van der Waals surface area contributed by atoms with Gasteiger partial charge in [0.1, 0.15) is 17.3 Å². The number of hydrogen-bond acceptors (Lipinski definition) is 5. The highest BCUT2D eigenvalue weighted by Gasteiger charge is 2.17. The van der Waals surface area contributed by atoms with Crippen LogP contribution in [0.5, 0.6) is 11.5 Å². The van der Waals surface area contributed by atoms with Gasteiger partial charge in [-0.3, -0.25) is 4.79 Å². The highest BCUT2D eigenvalue weighted by molar-refractivity contribution is 6.10. The number of ketones is 1. The number of hydrogen-bond donors (Lipinski definition) is 1. The molecule has 1 N–H and O–H groups in total. The highest BCUT2D eigenvalue weighted by Crippen LogP contribution is 2.27. The molecule has 0 atom stereocenters. The van der Waals surface area contributed by atoms with E-state index in [-0.39, 0.29) is 17.1 Å². The van der Waals surface area contributed by atoms with E-state index >= 15 is 0 Å². The molecule has 0 heterocycles. The smallest absolute Gasteiger partial charge is 0.343 e. The van der Waals surface area contributed by atoms with Crippen LogP contribution in [0.4, 0.5) is 0 Å². The normalized spacial score (nSPS) is 11.0. The number of rotatable bonds is 6. The lowest BCUT2D eigenvalue weighted by Gasteiger charge is -2.10. The van der Waals surface area contributed by atoms with Gasteiger partial charge < -0.3 is 14.6 Å². The van der Waals surface area contributed by atoms with Gasteiger partial charge in [0.25, 0.3) is 0 Å². The van der Waals surface area contributed by atoms with Crippen molar-refractivity contribution in [3.05, 3.63) is 102 Å². The molecular weight excluding hydrogens is 356 g/mol. The molecule has 0 fully saturated rings. The predicted octanol–water partition coefficient (Wildman–Crippen LogP) is 4.70. The minimum atomic E-state index is -0.598. The zero-order valence-electron chi connectivity index (χ0n) is 15.2. The summed E-state index contributed by atoms with van der Waals surface area (Å²) < 4.78 is 10.6. The summed E-state index contributed by atoms with van der Waals surface area (Å²) in [6.45, 7) is 0. The zero-order chi connectivity index (χ0) is 19.9. The van der Waals surface area contributed by atoms with Crippen molar-refractivity contribution in [2.24, 2.45) is 0 Å². The van der Waals surface area contributed by atoms with Crippen molar-refractivity contribution in [2.75, 3.05) is 7.11 Å². The van der Waals surface area contributed by atoms with Gasteiger partial charge in [-0.05, 0) is 24.3 Å². The van der Waals surface area contributed by atoms with Crippen molar-refractivity contribution in [3.8, 4) is 11.5 Å². The van der Waals surface area contributed by atoms with Gasteiger partial charge in [-0.1, -0.05) is 48.5 Å². The second kappa shape index (κ2) is 8.68. The third kappa shape index (κ3) is 4.45. The Morgan fingerprint density at radius 1 is 0.857 bits per heavy atom. The minimum Gasteiger partial charge on any atom is -0.507 e. The number of esters is 1. The molecule has 3 aromatic rings. The first-order valence-corrected chi connectivity index (χ1v) is 8.54. The maximum Gasteiger partial charge on any atom is 0.343 e. The van der Waals surface area contributed by atoms with E-state index in [0.717, 1.165) is 6.08 Å². The van der Waals surface area contributed by atoms with Crippen LogP contribution in [0.25, 0.3) is 5.76 Å². The summed E-state index contributed by atoms with van der Waals surface area (Å²) in [4.78, 5) is 25.1. The molecule has 0 spiro atoms. The van der Waals surface area contributed by atoms with Crippen LogP contribution in [-0.4, -0.2) is 24.0 Å². The molecule has 0 aliphatic rings. The first-order chi connectivity index (χ1) is 13.6. The van der Waals surface area contributed by atoms with E-state index in [1.54, 1.807) is 60.7 Å². The first-order valence-electron chi connectivity index (χ1n) is 8.54. The molecule has 0 saturated heterocycles. The summed E-state index contributed by atoms with van der Waals surface area (Å²) in [6, 6.07) is 21.7. The number of aliphatic hydroxyl groups excluding tert-OH is 1. The molecule has 3 rings (SSSR count). The number of ether oxygens (including phenoxy) is 2. The van der Waals surface area contributed by atoms with Crippen molar-refractivity contribution in [2.45, 2.75) is 0 Å². The number of benzene rings is 3. The van der Waals surface area contributed by atoms with Gasteiger partial charge in [-0.2, -0.15) is 0 Å². The average molecular weight is 374 g/mol. The van der Waals surface area contributed by atoms with Crippen molar-refractivity contribution in [3.63, 3.8) is 0 Å². The summed E-state index contributed by atoms with van der Waals surface area (Å²) in [5.74, 6) is -0.792. The zero-order valence-corrected chi connectivity index (χ0v) is 15.2. The number of carbonyl (C=O) groups is 2. The molecule has 0 aliphatic carbocycles. The quantitative estimate of drug-likeness (QED) is 0.223. The minimum absolute atomic E-state index is 0.0512. The molecule has 0 radical (unpaired) electrons. The molecule has 3 aromatic carbocycles. The fourth-order valence-electron chi connectivity index (χ4n) is 2.54. The van der Waals surface area contributed by atoms with Gasteiger partial charge >= 0.3 is 5.97 Å². The highest BCUT2D eigenvalue weighted by atomic mass is 16.5. The van der Waals surface area contributed by atoms with Crippen LogP contribution in [-0.2, 0) is 0 Å². The molecule has 140 valence electrons. The lowest BCUT2D eigenvalue weighted by Crippen LogP contribution is -2.11. The summed E-state index contributed by atoms with van der Waals surface area (Å²) in [5.41, 5.74) is 0.992. The van der Waals surface area contributed by atoms with Gasteiger partial charge in [0.15, 0.2) is 5.78 Å². The van der Waals surface area contributed by atoms with E-state index in [1.807, 2.05) is 6.07 Å². The molecule has 0 unspecified atom stereocenters. The second-order valence-electron chi connectivity index (χ2n) is 5.88. The van der Waals surface area contributed by atoms with Crippen LogP contribution in [0.15, 0.2) is 84.9 Å². The van der Waals surface area contributed by atoms with E-state index in [9.17, 15) is 14.7 Å². The molecule has 0 bridgehead atoms. The largest absolute Gasteiger partial charge is 0.507 e. The van der Waals surface area contributed by atoms with Crippen LogP contribution in [0.1, 0.15) is 26.3 Å². The van der Waals surface area contributed by atoms with Crippen LogP contribution >= 0.6 is 0 Å². The van der Waals surface area contributed by atoms with Crippen LogP contribution in [0.3, 0.4) is 0 Å². The Labute approximate surface area is 162 Å². The number of allylic oxidation sites excluding steroid dienone is 1. The van der Waals surface area contributed by atoms with Crippen molar-refractivity contribution in [1.82, 2.24) is 0 Å². The molecule has 0 aliphatic heterocycles. The van der Waals surface area contributed by atoms with Gasteiger partial charge in [-0.15, -0.1) is 0 Å². The molecule has 5 nitrogen and oxygen atoms in total. The Balaban J connectivity index is 1.92. The van der Waals surface area contributed by atoms with Gasteiger partial charge in [0.2, 0.25) is 0 Å². The van der Waals surface area contributed by atoms with Crippen molar-refractivity contribution in [1.29, 1.82) is 0 Å². The Morgan fingerprint density at radius 3 is 2.07 bits per heavy atom. The molecular formula is C23H18O5. The fourth-order valence-corrected chi connectivity index (χ4v) is 2.54. The van der Waals surface area contributed by atoms with E-state index in [1.165, 1.54) is 19.2 Å². The summed E-state index contributed by atoms with van der Waals surface area (Å²) >= 11 is 0. The number of carbonyl (C=O) groups excluding carboxylic acids is 2. The van der Waals surface area contributed by atoms with Crippen LogP contribution < -0.4 is 9.47 Å². The maximum atomic E-state index is 12.7. The Bertz CT molecular complexity index is 1010. The first kappa shape index (κ1) is 18.9. The van der Waals surface area contributed by atoms with Crippen molar-refractivity contribution >= 4 is 17.5 Å². The monoisotopic (exact) mass is 374 g/mol. The number of aliphatic hydroxyl groups is 1. The lowest BCUT2D eigenvalue weighted by molar-refractivity contribution is 0.0733. The Kier molecular flexibility index (Phi) is 5.87. The Hall–Kier alpha value is -3.86. The van der Waals surface area contributed by atoms with E-state index in [2.05, 4.69) is 0 Å². The lowest BCUT2D eigenvalue weighted by atomic mass is 10.1. The predicted molar refractivity (Wildman–Crippen MR) is 106 cm³/mol. The summed E-state index contributed by atoms with van der Waals surface area (Å²) in [7, 11) is 1.47. The van der Waals surface area contributed by atoms with E-state index < -0.39 is 11.8 Å². The van der Waals surface area contributed by atoms with E-state index in [0.29, 0.717) is 16.9 Å². The van der Waals surface area contributed by atoms with E-state index in [4.69, 9.17) is 9.47 Å². The molecule has 5 heteroatoms. The maximum absolute atomic E-state index is 12.7. The fraction of sp³-hybridized carbons (Fsp3) is 0.0435. The Morgan fingerprint density at radius 2 is 1.46 bits per heavy atom. The molecule has 0 saturated carbocycles. The SMILES string of the molecule is COc1ccc(C(=O)/C=C(/O)c2ccccc2)c(OC(=O)c2ccccc2)c1. The van der Waals surface area contributed by atoms with Crippen LogP contribution in [0, 0.1) is 0 Å². The summed E-state index contributed by atoms with van der Waals surface area (Å²) in [6.07, 6.45) is 1.09. The topological polar surface area (TPSA) is 72.8 Å². The summed E-state index contributed by atoms with van der Waals surface area (Å²) in [5, 5.41) is 10.2. The molecule has 0 aromatic heterocycles. The van der Waals surface area contributed by atoms with Crippen molar-refractivity contribution < 1.29 is 24.2 Å². The second-order valence-corrected chi connectivity index (χ2v) is 5.88. The standard InChI is InChI=1S/C23H18O5/c1-27-18-12-13-19(21(25)15-20(24)16-8-4-2-5-9-16)22(14-18)28-23(26)17-10-6-3-7-11-17/h2-15,24H,1H3/b20-15+. The number of methoxy groups -OCH3 is 1. The average Bonchev–Trinajstić information content (AvgIpc) is 2.74. The van der Waals surface area contributed by atoms with Crippen LogP contribution in [0.2, 0.25) is 0 Å². The third-order valence-corrected chi connectivity index (χ3v) is 4.00.